The second-order valence-electron chi connectivity index (χ2n) is 2.22. The zero-order valence-corrected chi connectivity index (χ0v) is 7.16. The molecule has 1 aromatic rings. The van der Waals surface area contributed by atoms with Crippen LogP contribution in [0.3, 0.4) is 0 Å². The summed E-state index contributed by atoms with van der Waals surface area (Å²) < 4.78 is 46.6. The van der Waals surface area contributed by atoms with E-state index in [0.717, 1.165) is 6.07 Å². The fourth-order valence-electron chi connectivity index (χ4n) is 0.741. The summed E-state index contributed by atoms with van der Waals surface area (Å²) in [5.74, 6) is -0.610. The third-order valence-electron chi connectivity index (χ3n) is 1.30. The molecule has 0 radical (unpaired) electrons. The first-order valence-electron chi connectivity index (χ1n) is 3.28. The van der Waals surface area contributed by atoms with Crippen LogP contribution in [0.4, 0.5) is 4.39 Å². The molecule has 0 heterocycles. The van der Waals surface area contributed by atoms with Crippen LogP contribution in [0, 0.1) is 16.1 Å². The molecule has 1 rings (SSSR count). The van der Waals surface area contributed by atoms with Crippen molar-refractivity contribution in [2.75, 3.05) is 0 Å². The van der Waals surface area contributed by atoms with Crippen LogP contribution in [-0.2, 0) is 10.9 Å². The Morgan fingerprint density at radius 1 is 1.23 bits per heavy atom. The van der Waals surface area contributed by atoms with Crippen LogP contribution >= 0.6 is 0 Å². The van der Waals surface area contributed by atoms with E-state index in [4.69, 9.17) is 0 Å². The minimum absolute atomic E-state index is 0.0226. The van der Waals surface area contributed by atoms with E-state index in [1.807, 2.05) is 0 Å². The van der Waals surface area contributed by atoms with Gasteiger partial charge in [-0.1, -0.05) is 18.2 Å². The molecule has 1 aromatic carbocycles. The van der Waals surface area contributed by atoms with Gasteiger partial charge in [-0.25, -0.2) is 4.39 Å². The van der Waals surface area contributed by atoms with Gasteiger partial charge in [-0.2, -0.15) is 14.0 Å². The van der Waals surface area contributed by atoms with Crippen molar-refractivity contribution in [3.8, 4) is 0 Å². The maximum Gasteiger partial charge on any atom is 0.231 e. The van der Waals surface area contributed by atoms with Gasteiger partial charge in [-0.05, 0) is 6.07 Å². The van der Waals surface area contributed by atoms with Gasteiger partial charge in [-0.15, -0.1) is 0 Å². The molecule has 72 valence electrons. The highest BCUT2D eigenvalue weighted by molar-refractivity contribution is 5.15. The molecule has 4 nitrogen and oxygen atoms in total. The van der Waals surface area contributed by atoms with Crippen LogP contribution in [0.1, 0.15) is 5.56 Å². The van der Waals surface area contributed by atoms with Crippen molar-refractivity contribution in [2.24, 2.45) is 0 Å². The average Bonchev–Trinajstić information content (AvgIpc) is 2.01. The highest BCUT2D eigenvalue weighted by Gasteiger charge is 2.18. The first-order chi connectivity index (χ1) is 5.99. The normalized spacial score (nSPS) is 11.7. The maximum absolute atomic E-state index is 12.8. The lowest BCUT2D eigenvalue weighted by atomic mass is 10.2. The van der Waals surface area contributed by atoms with Gasteiger partial charge in [0.25, 0.3) is 0 Å². The molecule has 0 saturated heterocycles. The van der Waals surface area contributed by atoms with E-state index in [0.29, 0.717) is 0 Å². The minimum Gasteiger partial charge on any atom is -0.207 e. The van der Waals surface area contributed by atoms with Crippen LogP contribution in [0.2, 0.25) is 0 Å². The van der Waals surface area contributed by atoms with E-state index in [2.05, 4.69) is 4.29 Å². The van der Waals surface area contributed by atoms with Gasteiger partial charge < -0.3 is 0 Å². The number of halogens is 2. The van der Waals surface area contributed by atoms with Gasteiger partial charge in [0.2, 0.25) is 6.61 Å². The molecule has 0 N–H and O–H groups in total. The lowest BCUT2D eigenvalue weighted by Gasteiger charge is -2.12. The quantitative estimate of drug-likeness (QED) is 0.590. The van der Waals surface area contributed by atoms with Gasteiger partial charge in [0.15, 0.2) is 0 Å². The Balaban J connectivity index is 2.60. The van der Waals surface area contributed by atoms with E-state index in [-0.39, 0.29) is 5.56 Å². The molecule has 0 aromatic heterocycles. The van der Waals surface area contributed by atoms with Crippen LogP contribution in [0.5, 0.6) is 0 Å². The fraction of sp³-hybridized carbons (Fsp3) is 0.143. The third kappa shape index (κ3) is 3.67. The molecule has 0 atom stereocenters. The molecule has 0 aliphatic carbocycles. The zero-order chi connectivity index (χ0) is 9.90. The second-order valence-corrected chi connectivity index (χ2v) is 3.20. The van der Waals surface area contributed by atoms with Crippen LogP contribution in [-0.4, -0.2) is 0 Å². The summed E-state index contributed by atoms with van der Waals surface area (Å²) in [6.07, 6.45) is 0. The van der Waals surface area contributed by atoms with Crippen molar-refractivity contribution in [1.82, 2.24) is 0 Å². The topological polar surface area (TPSA) is 78.4 Å². The Bertz CT molecular complexity index is 286. The molecule has 6 heteroatoms. The number of rotatable bonds is 3. The summed E-state index contributed by atoms with van der Waals surface area (Å²) in [6.45, 7) is -0.583. The Labute approximate surface area is 75.9 Å². The van der Waals surface area contributed by atoms with Crippen molar-refractivity contribution in [3.05, 3.63) is 35.6 Å². The van der Waals surface area contributed by atoms with Gasteiger partial charge in [0, 0.05) is 5.56 Å². The van der Waals surface area contributed by atoms with Crippen molar-refractivity contribution in [2.45, 2.75) is 6.61 Å². The molecule has 0 spiro atoms. The molecule has 0 aliphatic heterocycles. The SMILES string of the molecule is [O-][Cl+3]([O-])([O-])OCc1ccccc1F. The first-order valence-corrected chi connectivity index (χ1v) is 4.51. The molecule has 0 bridgehead atoms. The van der Waals surface area contributed by atoms with Crippen molar-refractivity contribution >= 4 is 0 Å². The summed E-state index contributed by atoms with van der Waals surface area (Å²) in [5, 5.41) is 0. The third-order valence-corrected chi connectivity index (χ3v) is 1.68. The van der Waals surface area contributed by atoms with Crippen molar-refractivity contribution < 1.29 is 32.9 Å². The molecular weight excluding hydrogens is 203 g/mol. The van der Waals surface area contributed by atoms with E-state index in [1.54, 1.807) is 0 Å². The molecule has 0 saturated carbocycles. The van der Waals surface area contributed by atoms with E-state index < -0.39 is 22.7 Å². The Morgan fingerprint density at radius 2 is 1.85 bits per heavy atom. The summed E-state index contributed by atoms with van der Waals surface area (Å²) in [6, 6.07) is 5.43. The zero-order valence-electron chi connectivity index (χ0n) is 6.41. The highest BCUT2D eigenvalue weighted by atomic mass is 35.7. The molecular formula is C7H6ClFO4. The number of benzene rings is 1. The standard InChI is InChI=1S/C7H6ClFO4/c9-7-4-2-1-3-6(7)5-13-8(10,11)12/h1-4H,5H2. The molecule has 13 heavy (non-hydrogen) atoms. The van der Waals surface area contributed by atoms with E-state index >= 15 is 0 Å². The van der Waals surface area contributed by atoms with E-state index in [1.165, 1.54) is 18.2 Å². The minimum atomic E-state index is -4.49. The fourth-order valence-corrected chi connectivity index (χ4v) is 0.992. The highest BCUT2D eigenvalue weighted by Crippen LogP contribution is 2.08. The van der Waals surface area contributed by atoms with Crippen LogP contribution in [0.15, 0.2) is 24.3 Å². The average molecular weight is 209 g/mol. The molecule has 0 fully saturated rings. The summed E-state index contributed by atoms with van der Waals surface area (Å²) in [7, 11) is -4.49. The first kappa shape index (κ1) is 10.4. The van der Waals surface area contributed by atoms with Gasteiger partial charge >= 0.3 is 0 Å². The summed E-state index contributed by atoms with van der Waals surface area (Å²) in [4.78, 5) is 0. The lowest BCUT2D eigenvalue weighted by molar-refractivity contribution is -1.92. The Morgan fingerprint density at radius 3 is 2.38 bits per heavy atom. The summed E-state index contributed by atoms with van der Waals surface area (Å²) >= 11 is 0. The lowest BCUT2D eigenvalue weighted by Crippen LogP contribution is -2.60. The Hall–Kier alpha value is -0.720. The van der Waals surface area contributed by atoms with Gasteiger partial charge in [-0.3, -0.25) is 0 Å². The molecule has 0 unspecified atom stereocenters. The summed E-state index contributed by atoms with van der Waals surface area (Å²) in [5.41, 5.74) is 0.0226. The number of hydrogen-bond donors (Lipinski definition) is 0. The maximum atomic E-state index is 12.8. The van der Waals surface area contributed by atoms with Crippen molar-refractivity contribution in [3.63, 3.8) is 0 Å². The van der Waals surface area contributed by atoms with Crippen LogP contribution < -0.4 is 14.0 Å². The van der Waals surface area contributed by atoms with E-state index in [9.17, 15) is 18.4 Å². The predicted molar refractivity (Wildman–Crippen MR) is 31.2 cm³/mol. The smallest absolute Gasteiger partial charge is 0.207 e. The Kier molecular flexibility index (Phi) is 3.18. The monoisotopic (exact) mass is 208 g/mol. The predicted octanol–water partition coefficient (Wildman–Crippen LogP) is -1.76. The largest absolute Gasteiger partial charge is 0.231 e. The molecule has 0 amide bonds. The van der Waals surface area contributed by atoms with Gasteiger partial charge in [0.1, 0.15) is 5.82 Å². The van der Waals surface area contributed by atoms with Crippen LogP contribution in [0.25, 0.3) is 0 Å². The van der Waals surface area contributed by atoms with Crippen molar-refractivity contribution in [1.29, 1.82) is 0 Å². The van der Waals surface area contributed by atoms with Gasteiger partial charge in [0.05, 0.1) is 14.5 Å². The second kappa shape index (κ2) is 3.99. The number of hydrogen-bond acceptors (Lipinski definition) is 4. The molecule has 0 aliphatic rings.